The number of amides is 2. The summed E-state index contributed by atoms with van der Waals surface area (Å²) in [5, 5.41) is 2.92. The van der Waals surface area contributed by atoms with Crippen LogP contribution in [0.4, 0.5) is 0 Å². The number of hydrogen-bond acceptors (Lipinski definition) is 3. The summed E-state index contributed by atoms with van der Waals surface area (Å²) in [6.45, 7) is 10.0. The van der Waals surface area contributed by atoms with E-state index in [1.807, 2.05) is 35.2 Å². The molecule has 0 aliphatic carbocycles. The molecular formula is C25H33N3O2. The van der Waals surface area contributed by atoms with E-state index < -0.39 is 0 Å². The van der Waals surface area contributed by atoms with Gasteiger partial charge in [0.05, 0.1) is 12.5 Å². The Morgan fingerprint density at radius 3 is 2.10 bits per heavy atom. The molecule has 30 heavy (non-hydrogen) atoms. The number of piperazine rings is 1. The average molecular weight is 408 g/mol. The van der Waals surface area contributed by atoms with E-state index in [0.29, 0.717) is 12.3 Å². The van der Waals surface area contributed by atoms with Gasteiger partial charge in [0.2, 0.25) is 11.8 Å². The van der Waals surface area contributed by atoms with Crippen LogP contribution in [-0.4, -0.2) is 47.8 Å². The van der Waals surface area contributed by atoms with Crippen molar-refractivity contribution in [3.63, 3.8) is 0 Å². The monoisotopic (exact) mass is 407 g/mol. The highest BCUT2D eigenvalue weighted by Crippen LogP contribution is 2.20. The van der Waals surface area contributed by atoms with E-state index in [-0.39, 0.29) is 17.9 Å². The van der Waals surface area contributed by atoms with Crippen LogP contribution in [-0.2, 0) is 16.1 Å². The number of nitrogens with zero attached hydrogens (tertiary/aromatic N) is 2. The number of rotatable bonds is 7. The van der Waals surface area contributed by atoms with Gasteiger partial charge in [-0.2, -0.15) is 0 Å². The predicted molar refractivity (Wildman–Crippen MR) is 120 cm³/mol. The molecule has 5 heteroatoms. The minimum absolute atomic E-state index is 0.0959. The van der Waals surface area contributed by atoms with Crippen molar-refractivity contribution in [3.05, 3.63) is 71.3 Å². The number of benzene rings is 2. The molecule has 1 aliphatic heterocycles. The van der Waals surface area contributed by atoms with Gasteiger partial charge in [-0.1, -0.05) is 68.4 Å². The molecule has 0 saturated carbocycles. The smallest absolute Gasteiger partial charge is 0.225 e. The van der Waals surface area contributed by atoms with Crippen LogP contribution in [0.25, 0.3) is 0 Å². The Labute approximate surface area is 180 Å². The maximum atomic E-state index is 12.9. The second-order valence-electron chi connectivity index (χ2n) is 8.42. The van der Waals surface area contributed by atoms with Crippen LogP contribution in [0.2, 0.25) is 0 Å². The second kappa shape index (κ2) is 10.4. The minimum Gasteiger partial charge on any atom is -0.349 e. The molecule has 5 nitrogen and oxygen atoms in total. The van der Waals surface area contributed by atoms with Crippen LogP contribution in [0.1, 0.15) is 55.8 Å². The molecule has 3 rings (SSSR count). The molecule has 1 aliphatic rings. The Morgan fingerprint density at radius 2 is 1.53 bits per heavy atom. The van der Waals surface area contributed by atoms with Crippen LogP contribution in [0.3, 0.4) is 0 Å². The number of carbonyl (C=O) groups is 2. The molecule has 0 radical (unpaired) electrons. The van der Waals surface area contributed by atoms with Gasteiger partial charge in [0, 0.05) is 39.6 Å². The lowest BCUT2D eigenvalue weighted by Crippen LogP contribution is -2.49. The molecule has 1 heterocycles. The van der Waals surface area contributed by atoms with Crippen LogP contribution >= 0.6 is 0 Å². The van der Waals surface area contributed by atoms with Crippen molar-refractivity contribution in [2.45, 2.75) is 45.7 Å². The molecule has 2 aromatic carbocycles. The molecule has 1 N–H and O–H groups in total. The molecule has 0 aromatic heterocycles. The van der Waals surface area contributed by atoms with Gasteiger partial charge in [0.15, 0.2) is 0 Å². The van der Waals surface area contributed by atoms with Gasteiger partial charge in [0.1, 0.15) is 0 Å². The SMILES string of the molecule is CC(=O)N[C@H](CC(=O)N1CCN(Cc2ccc(C(C)C)cc2)CC1)c1ccccc1. The molecule has 1 fully saturated rings. The van der Waals surface area contributed by atoms with Crippen molar-refractivity contribution >= 4 is 11.8 Å². The average Bonchev–Trinajstić information content (AvgIpc) is 2.74. The van der Waals surface area contributed by atoms with Crippen LogP contribution in [0.5, 0.6) is 0 Å². The van der Waals surface area contributed by atoms with Gasteiger partial charge < -0.3 is 10.2 Å². The van der Waals surface area contributed by atoms with E-state index in [4.69, 9.17) is 0 Å². The molecule has 0 spiro atoms. The second-order valence-corrected chi connectivity index (χ2v) is 8.42. The third-order valence-electron chi connectivity index (χ3n) is 5.74. The first-order valence-corrected chi connectivity index (χ1v) is 10.8. The summed E-state index contributed by atoms with van der Waals surface area (Å²) in [5.41, 5.74) is 3.64. The van der Waals surface area contributed by atoms with Gasteiger partial charge in [-0.15, -0.1) is 0 Å². The molecule has 1 atom stereocenters. The van der Waals surface area contributed by atoms with E-state index in [1.54, 1.807) is 0 Å². The van der Waals surface area contributed by atoms with Gasteiger partial charge in [-0.3, -0.25) is 14.5 Å². The Balaban J connectivity index is 1.52. The van der Waals surface area contributed by atoms with Gasteiger partial charge in [-0.25, -0.2) is 0 Å². The third-order valence-corrected chi connectivity index (χ3v) is 5.74. The molecule has 2 amide bonds. The summed E-state index contributed by atoms with van der Waals surface area (Å²) in [6, 6.07) is 18.3. The number of carbonyl (C=O) groups excluding carboxylic acids is 2. The van der Waals surface area contributed by atoms with Crippen LogP contribution < -0.4 is 5.32 Å². The van der Waals surface area contributed by atoms with Gasteiger partial charge in [0.25, 0.3) is 0 Å². The zero-order valence-corrected chi connectivity index (χ0v) is 18.3. The first-order valence-electron chi connectivity index (χ1n) is 10.8. The Morgan fingerprint density at radius 1 is 0.900 bits per heavy atom. The minimum atomic E-state index is -0.284. The maximum absolute atomic E-state index is 12.9. The fourth-order valence-electron chi connectivity index (χ4n) is 3.91. The fourth-order valence-corrected chi connectivity index (χ4v) is 3.91. The molecule has 2 aromatic rings. The topological polar surface area (TPSA) is 52.7 Å². The van der Waals surface area contributed by atoms with Crippen molar-refractivity contribution < 1.29 is 9.59 Å². The Kier molecular flexibility index (Phi) is 7.63. The summed E-state index contributed by atoms with van der Waals surface area (Å²) in [5.74, 6) is 0.523. The van der Waals surface area contributed by atoms with Gasteiger partial charge in [-0.05, 0) is 22.6 Å². The lowest BCUT2D eigenvalue weighted by molar-refractivity contribution is -0.133. The summed E-state index contributed by atoms with van der Waals surface area (Å²) in [4.78, 5) is 28.8. The Bertz CT molecular complexity index is 825. The molecule has 0 bridgehead atoms. The normalized spacial score (nSPS) is 15.8. The van der Waals surface area contributed by atoms with Crippen LogP contribution in [0.15, 0.2) is 54.6 Å². The van der Waals surface area contributed by atoms with Gasteiger partial charge >= 0.3 is 0 Å². The Hall–Kier alpha value is -2.66. The summed E-state index contributed by atoms with van der Waals surface area (Å²) >= 11 is 0. The predicted octanol–water partition coefficient (Wildman–Crippen LogP) is 3.72. The molecule has 0 unspecified atom stereocenters. The van der Waals surface area contributed by atoms with E-state index in [1.165, 1.54) is 18.1 Å². The quantitative estimate of drug-likeness (QED) is 0.761. The molecular weight excluding hydrogens is 374 g/mol. The van der Waals surface area contributed by atoms with Crippen molar-refractivity contribution in [1.82, 2.24) is 15.1 Å². The van der Waals surface area contributed by atoms with Crippen molar-refractivity contribution in [3.8, 4) is 0 Å². The van der Waals surface area contributed by atoms with Crippen molar-refractivity contribution in [2.75, 3.05) is 26.2 Å². The lowest BCUT2D eigenvalue weighted by atomic mass is 10.0. The number of nitrogens with one attached hydrogen (secondary N) is 1. The standard InChI is InChI=1S/C25H33N3O2/c1-19(2)22-11-9-21(10-12-22)18-27-13-15-28(16-14-27)25(30)17-24(26-20(3)29)23-7-5-4-6-8-23/h4-12,19,24H,13-18H2,1-3H3,(H,26,29)/t24-/m1/s1. The first kappa shape index (κ1) is 22.0. The van der Waals surface area contributed by atoms with Crippen LogP contribution in [0, 0.1) is 0 Å². The van der Waals surface area contributed by atoms with Crippen molar-refractivity contribution in [2.24, 2.45) is 0 Å². The largest absolute Gasteiger partial charge is 0.349 e. The third kappa shape index (κ3) is 6.17. The molecule has 1 saturated heterocycles. The zero-order valence-electron chi connectivity index (χ0n) is 18.3. The van der Waals surface area contributed by atoms with E-state index >= 15 is 0 Å². The summed E-state index contributed by atoms with van der Waals surface area (Å²) < 4.78 is 0. The number of hydrogen-bond donors (Lipinski definition) is 1. The highest BCUT2D eigenvalue weighted by atomic mass is 16.2. The summed E-state index contributed by atoms with van der Waals surface area (Å²) in [7, 11) is 0. The summed E-state index contributed by atoms with van der Waals surface area (Å²) in [6.07, 6.45) is 0.292. The van der Waals surface area contributed by atoms with Crippen molar-refractivity contribution in [1.29, 1.82) is 0 Å². The lowest BCUT2D eigenvalue weighted by Gasteiger charge is -2.35. The fraction of sp³-hybridized carbons (Fsp3) is 0.440. The molecule has 160 valence electrons. The van der Waals surface area contributed by atoms with E-state index in [0.717, 1.165) is 38.3 Å². The van der Waals surface area contributed by atoms with E-state index in [2.05, 4.69) is 48.3 Å². The highest BCUT2D eigenvalue weighted by molar-refractivity contribution is 5.79. The first-order chi connectivity index (χ1) is 14.4. The highest BCUT2D eigenvalue weighted by Gasteiger charge is 2.24. The maximum Gasteiger partial charge on any atom is 0.225 e. The van der Waals surface area contributed by atoms with E-state index in [9.17, 15) is 9.59 Å². The zero-order chi connectivity index (χ0) is 21.5.